The van der Waals surface area contributed by atoms with Crippen molar-refractivity contribution in [3.63, 3.8) is 0 Å². The highest BCUT2D eigenvalue weighted by Gasteiger charge is 2.37. The Bertz CT molecular complexity index is 268. The van der Waals surface area contributed by atoms with E-state index < -0.39 is 0 Å². The van der Waals surface area contributed by atoms with Crippen molar-refractivity contribution in [1.29, 1.82) is 0 Å². The van der Waals surface area contributed by atoms with E-state index in [0.717, 1.165) is 32.8 Å². The Labute approximate surface area is 120 Å². The van der Waals surface area contributed by atoms with Crippen molar-refractivity contribution in [1.82, 2.24) is 10.2 Å². The molecular weight excluding hydrogens is 236 g/mol. The van der Waals surface area contributed by atoms with Crippen LogP contribution >= 0.6 is 0 Å². The van der Waals surface area contributed by atoms with Gasteiger partial charge in [-0.1, -0.05) is 34.6 Å². The zero-order valence-corrected chi connectivity index (χ0v) is 14.0. The van der Waals surface area contributed by atoms with Crippen molar-refractivity contribution in [2.24, 2.45) is 11.3 Å². The standard InChI is InChI=1S/C16H34N2O/c1-13(2)11-19-9-8-18-10-14(15(3,4)5)17-12-16(18,6)7/h13-14,17H,8-12H2,1-7H3. The Balaban J connectivity index is 2.47. The van der Waals surface area contributed by atoms with E-state index in [1.54, 1.807) is 0 Å². The molecule has 0 bridgehead atoms. The molecule has 1 aliphatic rings. The van der Waals surface area contributed by atoms with Crippen molar-refractivity contribution in [3.05, 3.63) is 0 Å². The smallest absolute Gasteiger partial charge is 0.0593 e. The highest BCUT2D eigenvalue weighted by atomic mass is 16.5. The molecule has 1 rings (SSSR count). The Morgan fingerprint density at radius 3 is 2.47 bits per heavy atom. The molecule has 0 saturated carbocycles. The van der Waals surface area contributed by atoms with Gasteiger partial charge < -0.3 is 10.1 Å². The zero-order valence-electron chi connectivity index (χ0n) is 14.0. The summed E-state index contributed by atoms with van der Waals surface area (Å²) in [6, 6.07) is 0.561. The highest BCUT2D eigenvalue weighted by Crippen LogP contribution is 2.27. The second kappa shape index (κ2) is 6.55. The van der Waals surface area contributed by atoms with Gasteiger partial charge in [0.2, 0.25) is 0 Å². The third-order valence-corrected chi connectivity index (χ3v) is 4.04. The quantitative estimate of drug-likeness (QED) is 0.778. The average Bonchev–Trinajstić information content (AvgIpc) is 2.23. The summed E-state index contributed by atoms with van der Waals surface area (Å²) in [6.07, 6.45) is 0. The second-order valence-corrected chi connectivity index (χ2v) is 8.03. The Morgan fingerprint density at radius 1 is 1.32 bits per heavy atom. The van der Waals surface area contributed by atoms with Crippen LogP contribution in [0.1, 0.15) is 48.5 Å². The van der Waals surface area contributed by atoms with Crippen molar-refractivity contribution < 1.29 is 4.74 Å². The van der Waals surface area contributed by atoms with Gasteiger partial charge in [0.1, 0.15) is 0 Å². The lowest BCUT2D eigenvalue weighted by atomic mass is 9.83. The van der Waals surface area contributed by atoms with Crippen molar-refractivity contribution in [2.75, 3.05) is 32.8 Å². The van der Waals surface area contributed by atoms with Crippen molar-refractivity contribution >= 4 is 0 Å². The van der Waals surface area contributed by atoms with Gasteiger partial charge in [0, 0.05) is 37.8 Å². The fourth-order valence-electron chi connectivity index (χ4n) is 2.48. The van der Waals surface area contributed by atoms with Crippen LogP contribution in [0.15, 0.2) is 0 Å². The first-order valence-electron chi connectivity index (χ1n) is 7.69. The van der Waals surface area contributed by atoms with Crippen molar-refractivity contribution in [3.8, 4) is 0 Å². The summed E-state index contributed by atoms with van der Waals surface area (Å²) < 4.78 is 5.75. The molecule has 19 heavy (non-hydrogen) atoms. The van der Waals surface area contributed by atoms with Crippen LogP contribution in [0, 0.1) is 11.3 Å². The maximum Gasteiger partial charge on any atom is 0.0593 e. The minimum atomic E-state index is 0.225. The number of rotatable bonds is 5. The molecule has 0 aromatic heterocycles. The number of nitrogens with one attached hydrogen (secondary N) is 1. The molecule has 1 saturated heterocycles. The van der Waals surface area contributed by atoms with Gasteiger partial charge in [0.25, 0.3) is 0 Å². The summed E-state index contributed by atoms with van der Waals surface area (Å²) in [6.45, 7) is 20.9. The predicted octanol–water partition coefficient (Wildman–Crippen LogP) is 2.76. The number of piperazine rings is 1. The van der Waals surface area contributed by atoms with Gasteiger partial charge in [-0.2, -0.15) is 0 Å². The molecule has 0 radical (unpaired) electrons. The van der Waals surface area contributed by atoms with Gasteiger partial charge in [-0.15, -0.1) is 0 Å². The minimum absolute atomic E-state index is 0.225. The molecule has 3 heteroatoms. The summed E-state index contributed by atoms with van der Waals surface area (Å²) in [5, 5.41) is 3.71. The molecule has 1 fully saturated rings. The Hall–Kier alpha value is -0.120. The van der Waals surface area contributed by atoms with Gasteiger partial charge in [-0.05, 0) is 25.2 Å². The zero-order chi connectivity index (χ0) is 14.7. The van der Waals surface area contributed by atoms with Crippen LogP contribution < -0.4 is 5.32 Å². The molecule has 0 aromatic rings. The molecule has 3 nitrogen and oxygen atoms in total. The van der Waals surface area contributed by atoms with Crippen LogP contribution in [-0.4, -0.2) is 49.3 Å². The molecule has 0 amide bonds. The van der Waals surface area contributed by atoms with Gasteiger partial charge in [-0.3, -0.25) is 4.90 Å². The van der Waals surface area contributed by atoms with Gasteiger partial charge in [0.05, 0.1) is 6.61 Å². The topological polar surface area (TPSA) is 24.5 Å². The van der Waals surface area contributed by atoms with Crippen LogP contribution in [-0.2, 0) is 4.74 Å². The predicted molar refractivity (Wildman–Crippen MR) is 82.6 cm³/mol. The molecule has 0 aromatic carbocycles. The summed E-state index contributed by atoms with van der Waals surface area (Å²) in [7, 11) is 0. The summed E-state index contributed by atoms with van der Waals surface area (Å²) in [4.78, 5) is 2.58. The largest absolute Gasteiger partial charge is 0.380 e. The summed E-state index contributed by atoms with van der Waals surface area (Å²) in [5.74, 6) is 0.623. The molecule has 1 atom stereocenters. The first kappa shape index (κ1) is 16.9. The average molecular weight is 270 g/mol. The number of nitrogens with zero attached hydrogens (tertiary/aromatic N) is 1. The molecule has 0 aliphatic carbocycles. The van der Waals surface area contributed by atoms with E-state index >= 15 is 0 Å². The summed E-state index contributed by atoms with van der Waals surface area (Å²) in [5.41, 5.74) is 0.538. The molecule has 1 N–H and O–H groups in total. The van der Waals surface area contributed by atoms with Crippen LogP contribution in [0.4, 0.5) is 0 Å². The lowest BCUT2D eigenvalue weighted by molar-refractivity contribution is 0.00599. The lowest BCUT2D eigenvalue weighted by Gasteiger charge is -2.49. The number of hydrogen-bond donors (Lipinski definition) is 1. The minimum Gasteiger partial charge on any atom is -0.380 e. The maximum absolute atomic E-state index is 5.75. The normalized spacial score (nSPS) is 24.9. The SMILES string of the molecule is CC(C)COCCN1CC(C(C)(C)C)NCC1(C)C. The van der Waals surface area contributed by atoms with E-state index in [0.29, 0.717) is 17.4 Å². The van der Waals surface area contributed by atoms with Crippen molar-refractivity contribution in [2.45, 2.75) is 60.0 Å². The van der Waals surface area contributed by atoms with E-state index in [4.69, 9.17) is 4.74 Å². The molecule has 1 unspecified atom stereocenters. The first-order chi connectivity index (χ1) is 8.63. The van der Waals surface area contributed by atoms with E-state index in [-0.39, 0.29) is 5.54 Å². The monoisotopic (exact) mass is 270 g/mol. The maximum atomic E-state index is 5.75. The fourth-order valence-corrected chi connectivity index (χ4v) is 2.48. The van der Waals surface area contributed by atoms with E-state index in [1.807, 2.05) is 0 Å². The van der Waals surface area contributed by atoms with Gasteiger partial charge >= 0.3 is 0 Å². The fraction of sp³-hybridized carbons (Fsp3) is 1.00. The molecule has 0 spiro atoms. The third-order valence-electron chi connectivity index (χ3n) is 4.04. The molecular formula is C16H34N2O. The van der Waals surface area contributed by atoms with Crippen LogP contribution in [0.3, 0.4) is 0 Å². The van der Waals surface area contributed by atoms with Crippen LogP contribution in [0.2, 0.25) is 0 Å². The second-order valence-electron chi connectivity index (χ2n) is 8.03. The Morgan fingerprint density at radius 2 is 1.95 bits per heavy atom. The van der Waals surface area contributed by atoms with Gasteiger partial charge in [0.15, 0.2) is 0 Å². The highest BCUT2D eigenvalue weighted by molar-refractivity contribution is 4.96. The van der Waals surface area contributed by atoms with E-state index in [2.05, 4.69) is 58.7 Å². The third kappa shape index (κ3) is 5.41. The van der Waals surface area contributed by atoms with Crippen LogP contribution in [0.5, 0.6) is 0 Å². The van der Waals surface area contributed by atoms with Crippen LogP contribution in [0.25, 0.3) is 0 Å². The number of ether oxygens (including phenoxy) is 1. The number of hydrogen-bond acceptors (Lipinski definition) is 3. The van der Waals surface area contributed by atoms with E-state index in [1.165, 1.54) is 0 Å². The van der Waals surface area contributed by atoms with Gasteiger partial charge in [-0.25, -0.2) is 0 Å². The molecule has 1 aliphatic heterocycles. The Kier molecular flexibility index (Phi) is 5.84. The molecule has 114 valence electrons. The molecule has 1 heterocycles. The first-order valence-corrected chi connectivity index (χ1v) is 7.69. The lowest BCUT2D eigenvalue weighted by Crippen LogP contribution is -2.65. The summed E-state index contributed by atoms with van der Waals surface area (Å²) >= 11 is 0. The van der Waals surface area contributed by atoms with E-state index in [9.17, 15) is 0 Å².